The van der Waals surface area contributed by atoms with Crippen LogP contribution in [-0.2, 0) is 27.7 Å². The molecule has 0 unspecified atom stereocenters. The summed E-state index contributed by atoms with van der Waals surface area (Å²) in [5.74, 6) is 0.811. The Hall–Kier alpha value is -2.38. The van der Waals surface area contributed by atoms with Crippen LogP contribution in [0.15, 0.2) is 41.3 Å². The Kier molecular flexibility index (Phi) is 6.86. The van der Waals surface area contributed by atoms with Gasteiger partial charge in [-0.3, -0.25) is 4.79 Å². The van der Waals surface area contributed by atoms with Crippen LogP contribution in [-0.4, -0.2) is 45.4 Å². The van der Waals surface area contributed by atoms with E-state index in [1.165, 1.54) is 11.1 Å². The lowest BCUT2D eigenvalue weighted by Crippen LogP contribution is -2.36. The van der Waals surface area contributed by atoms with Gasteiger partial charge in [0.15, 0.2) is 0 Å². The molecule has 1 saturated heterocycles. The number of nitrogens with zero attached hydrogens (tertiary/aromatic N) is 2. The number of anilines is 1. The van der Waals surface area contributed by atoms with Gasteiger partial charge in [-0.15, -0.1) is 0 Å². The number of hydrogen-bond acceptors (Lipinski definition) is 4. The number of fused-ring (bicyclic) bond motifs is 1. The molecule has 0 N–H and O–H groups in total. The Morgan fingerprint density at radius 3 is 2.38 bits per heavy atom. The van der Waals surface area contributed by atoms with Crippen LogP contribution in [0.4, 0.5) is 5.69 Å². The summed E-state index contributed by atoms with van der Waals surface area (Å²) >= 11 is 0. The number of methoxy groups -OCH3 is 1. The van der Waals surface area contributed by atoms with Gasteiger partial charge in [-0.1, -0.05) is 24.6 Å². The molecule has 0 aliphatic carbocycles. The molecule has 6 nitrogen and oxygen atoms in total. The maximum Gasteiger partial charge on any atom is 0.243 e. The van der Waals surface area contributed by atoms with Gasteiger partial charge in [-0.25, -0.2) is 8.42 Å². The highest BCUT2D eigenvalue weighted by Crippen LogP contribution is 2.38. The van der Waals surface area contributed by atoms with Gasteiger partial charge < -0.3 is 9.64 Å². The van der Waals surface area contributed by atoms with Gasteiger partial charge in [0.2, 0.25) is 15.9 Å². The molecular weight excluding hydrogens is 424 g/mol. The Morgan fingerprint density at radius 2 is 1.69 bits per heavy atom. The summed E-state index contributed by atoms with van der Waals surface area (Å²) in [5, 5.41) is 0. The minimum atomic E-state index is -3.43. The quantitative estimate of drug-likeness (QED) is 0.657. The van der Waals surface area contributed by atoms with E-state index in [1.54, 1.807) is 23.5 Å². The number of ether oxygens (including phenoxy) is 1. The highest BCUT2D eigenvalue weighted by atomic mass is 32.2. The molecule has 0 aromatic heterocycles. The highest BCUT2D eigenvalue weighted by molar-refractivity contribution is 7.89. The first kappa shape index (κ1) is 22.8. The fraction of sp³-hybridized carbons (Fsp3) is 0.480. The summed E-state index contributed by atoms with van der Waals surface area (Å²) in [7, 11) is -1.79. The fourth-order valence-corrected chi connectivity index (χ4v) is 6.25. The van der Waals surface area contributed by atoms with E-state index in [4.69, 9.17) is 4.74 Å². The van der Waals surface area contributed by atoms with E-state index in [0.717, 1.165) is 49.1 Å². The second-order valence-electron chi connectivity index (χ2n) is 8.67. The van der Waals surface area contributed by atoms with Gasteiger partial charge in [0.1, 0.15) is 5.75 Å². The maximum absolute atomic E-state index is 13.1. The van der Waals surface area contributed by atoms with Crippen molar-refractivity contribution < 1.29 is 17.9 Å². The molecule has 172 valence electrons. The van der Waals surface area contributed by atoms with Crippen molar-refractivity contribution in [2.24, 2.45) is 0 Å². The topological polar surface area (TPSA) is 66.9 Å². The Balaban J connectivity index is 1.44. The lowest BCUT2D eigenvalue weighted by Gasteiger charge is -2.32. The fourth-order valence-electron chi connectivity index (χ4n) is 4.74. The second-order valence-corrected chi connectivity index (χ2v) is 10.6. The summed E-state index contributed by atoms with van der Waals surface area (Å²) < 4.78 is 32.8. The molecule has 0 saturated carbocycles. The molecule has 7 heteroatoms. The zero-order chi connectivity index (χ0) is 22.7. The molecule has 2 aromatic rings. The zero-order valence-electron chi connectivity index (χ0n) is 19.0. The van der Waals surface area contributed by atoms with Gasteiger partial charge in [-0.05, 0) is 73.9 Å². The Labute approximate surface area is 191 Å². The molecule has 0 atom stereocenters. The number of sulfonamides is 1. The number of rotatable bonds is 6. The number of piperidine rings is 1. The predicted molar refractivity (Wildman–Crippen MR) is 126 cm³/mol. The van der Waals surface area contributed by atoms with Gasteiger partial charge in [0, 0.05) is 26.1 Å². The number of carbonyl (C=O) groups excluding carboxylic acids is 1. The third kappa shape index (κ3) is 4.55. The average Bonchev–Trinajstić information content (AvgIpc) is 2.83. The number of benzene rings is 2. The molecule has 0 spiro atoms. The molecule has 1 amide bonds. The van der Waals surface area contributed by atoms with Crippen LogP contribution in [0, 0.1) is 6.92 Å². The van der Waals surface area contributed by atoms with Gasteiger partial charge in [-0.2, -0.15) is 4.31 Å². The third-order valence-electron chi connectivity index (χ3n) is 6.58. The third-order valence-corrected chi connectivity index (χ3v) is 8.50. The van der Waals surface area contributed by atoms with E-state index >= 15 is 0 Å². The molecule has 2 aromatic carbocycles. The lowest BCUT2D eigenvalue weighted by atomic mass is 9.95. The summed E-state index contributed by atoms with van der Waals surface area (Å²) in [4.78, 5) is 15.3. The molecule has 2 heterocycles. The minimum Gasteiger partial charge on any atom is -0.495 e. The predicted octanol–water partition coefficient (Wildman–Crippen LogP) is 4.09. The van der Waals surface area contributed by atoms with E-state index in [0.29, 0.717) is 37.4 Å². The van der Waals surface area contributed by atoms with Crippen LogP contribution >= 0.6 is 0 Å². The average molecular weight is 457 g/mol. The van der Waals surface area contributed by atoms with E-state index < -0.39 is 10.0 Å². The zero-order valence-corrected chi connectivity index (χ0v) is 19.8. The maximum atomic E-state index is 13.1. The van der Waals surface area contributed by atoms with Crippen molar-refractivity contribution in [3.8, 4) is 5.75 Å². The molecule has 2 aliphatic heterocycles. The Bertz CT molecular complexity index is 1070. The van der Waals surface area contributed by atoms with Crippen LogP contribution < -0.4 is 9.64 Å². The first-order valence-electron chi connectivity index (χ1n) is 11.5. The van der Waals surface area contributed by atoms with Crippen molar-refractivity contribution in [2.45, 2.75) is 56.8 Å². The van der Waals surface area contributed by atoms with Gasteiger partial charge in [0.05, 0.1) is 17.7 Å². The van der Waals surface area contributed by atoms with E-state index in [9.17, 15) is 13.2 Å². The molecule has 1 fully saturated rings. The van der Waals surface area contributed by atoms with Crippen LogP contribution in [0.1, 0.15) is 48.8 Å². The smallest absolute Gasteiger partial charge is 0.243 e. The summed E-state index contributed by atoms with van der Waals surface area (Å²) in [6, 6.07) is 11.0. The van der Waals surface area contributed by atoms with Crippen molar-refractivity contribution in [1.29, 1.82) is 0 Å². The minimum absolute atomic E-state index is 0.0693. The molecule has 0 radical (unpaired) electrons. The normalized spacial score (nSPS) is 17.1. The van der Waals surface area contributed by atoms with Crippen molar-refractivity contribution in [3.05, 3.63) is 53.1 Å². The molecule has 0 bridgehead atoms. The first-order chi connectivity index (χ1) is 15.4. The van der Waals surface area contributed by atoms with Crippen molar-refractivity contribution in [3.63, 3.8) is 0 Å². The summed E-state index contributed by atoms with van der Waals surface area (Å²) in [5.41, 5.74) is 4.25. The van der Waals surface area contributed by atoms with E-state index in [-0.39, 0.29) is 5.91 Å². The van der Waals surface area contributed by atoms with Gasteiger partial charge in [0.25, 0.3) is 0 Å². The van der Waals surface area contributed by atoms with E-state index in [1.807, 2.05) is 29.2 Å². The SMILES string of the molecule is COc1ccc(C)c2c1N(C(=O)CCc1ccc(S(=O)(=O)N3CCCCC3)cc1)CCC2. The van der Waals surface area contributed by atoms with E-state index in [2.05, 4.69) is 6.92 Å². The number of aryl methyl sites for hydroxylation is 2. The number of carbonyl (C=O) groups is 1. The lowest BCUT2D eigenvalue weighted by molar-refractivity contribution is -0.118. The van der Waals surface area contributed by atoms with Crippen molar-refractivity contribution in [1.82, 2.24) is 4.31 Å². The van der Waals surface area contributed by atoms with Crippen LogP contribution in [0.25, 0.3) is 0 Å². The van der Waals surface area contributed by atoms with Crippen LogP contribution in [0.3, 0.4) is 0 Å². The van der Waals surface area contributed by atoms with Crippen molar-refractivity contribution in [2.75, 3.05) is 31.6 Å². The van der Waals surface area contributed by atoms with Crippen LogP contribution in [0.5, 0.6) is 5.75 Å². The number of hydrogen-bond donors (Lipinski definition) is 0. The summed E-state index contributed by atoms with van der Waals surface area (Å²) in [6.45, 7) is 3.96. The second kappa shape index (κ2) is 9.63. The largest absolute Gasteiger partial charge is 0.495 e. The van der Waals surface area contributed by atoms with Crippen molar-refractivity contribution >= 4 is 21.6 Å². The summed E-state index contributed by atoms with van der Waals surface area (Å²) in [6.07, 6.45) is 5.77. The standard InChI is InChI=1S/C25H32N2O4S/c1-19-8-14-23(31-2)25-22(19)7-6-18-27(25)24(28)15-11-20-9-12-21(13-10-20)32(29,30)26-16-4-3-5-17-26/h8-10,12-14H,3-7,11,15-18H2,1-2H3. The molecule has 4 rings (SSSR count). The molecular formula is C25H32N2O4S. The first-order valence-corrected chi connectivity index (χ1v) is 12.9. The molecule has 2 aliphatic rings. The highest BCUT2D eigenvalue weighted by Gasteiger charge is 2.28. The molecule has 32 heavy (non-hydrogen) atoms. The van der Waals surface area contributed by atoms with Crippen LogP contribution in [0.2, 0.25) is 0 Å². The number of amides is 1. The monoisotopic (exact) mass is 456 g/mol. The van der Waals surface area contributed by atoms with Gasteiger partial charge >= 0.3 is 0 Å². The Morgan fingerprint density at radius 1 is 0.969 bits per heavy atom.